The number of alkyl halides is 1. The van der Waals surface area contributed by atoms with Crippen molar-refractivity contribution in [1.82, 2.24) is 4.98 Å². The van der Waals surface area contributed by atoms with Gasteiger partial charge in [0.25, 0.3) is 0 Å². The quantitative estimate of drug-likeness (QED) is 0.582. The molecule has 2 nitrogen and oxygen atoms in total. The maximum absolute atomic E-state index is 6.47. The highest BCUT2D eigenvalue weighted by Crippen LogP contribution is 2.51. The fraction of sp³-hybridized carbons (Fsp3) is 0.450. The van der Waals surface area contributed by atoms with Crippen molar-refractivity contribution in [3.05, 3.63) is 46.5 Å². The van der Waals surface area contributed by atoms with E-state index in [1.165, 1.54) is 24.8 Å². The maximum atomic E-state index is 6.47. The molecule has 0 radical (unpaired) electrons. The third-order valence-electron chi connectivity index (χ3n) is 5.19. The van der Waals surface area contributed by atoms with Crippen LogP contribution in [0.25, 0.3) is 11.3 Å². The lowest BCUT2D eigenvalue weighted by Gasteiger charge is -2.29. The summed E-state index contributed by atoms with van der Waals surface area (Å²) in [5.41, 5.74) is 4.59. The molecule has 0 amide bonds. The Hall–Kier alpha value is -1.25. The molecule has 3 rings (SSSR count). The Balaban J connectivity index is 2.18. The summed E-state index contributed by atoms with van der Waals surface area (Å²) in [5, 5.41) is 0.645. The number of nitrogens with zero attached hydrogens (tertiary/aromatic N) is 1. The van der Waals surface area contributed by atoms with Crippen LogP contribution in [-0.2, 0) is 5.88 Å². The Labute approximate surface area is 154 Å². The lowest BCUT2D eigenvalue weighted by molar-refractivity contribution is 0.332. The molecular weight excluding hydrogens is 341 g/mol. The van der Waals surface area contributed by atoms with Gasteiger partial charge in [-0.25, -0.2) is 4.98 Å². The van der Waals surface area contributed by atoms with Gasteiger partial charge in [-0.3, -0.25) is 0 Å². The van der Waals surface area contributed by atoms with Crippen LogP contribution in [0.1, 0.15) is 50.2 Å². The normalized spacial score (nSPS) is 19.5. The van der Waals surface area contributed by atoms with Gasteiger partial charge in [-0.1, -0.05) is 50.1 Å². The minimum absolute atomic E-state index is 0.269. The van der Waals surface area contributed by atoms with Crippen molar-refractivity contribution in [3.8, 4) is 17.1 Å². The molecule has 1 atom stereocenters. The Bertz CT molecular complexity index is 742. The first kappa shape index (κ1) is 17.6. The number of hydrogen-bond donors (Lipinski definition) is 0. The Kier molecular flexibility index (Phi) is 5.08. The second-order valence-corrected chi connectivity index (χ2v) is 7.85. The highest BCUT2D eigenvalue weighted by atomic mass is 35.5. The molecule has 128 valence electrons. The molecule has 1 heterocycles. The van der Waals surface area contributed by atoms with Crippen molar-refractivity contribution < 1.29 is 4.74 Å². The lowest BCUT2D eigenvalue weighted by Crippen LogP contribution is -2.16. The van der Waals surface area contributed by atoms with Crippen LogP contribution in [0.3, 0.4) is 0 Å². The zero-order valence-electron chi connectivity index (χ0n) is 14.4. The van der Waals surface area contributed by atoms with E-state index >= 15 is 0 Å². The molecule has 0 N–H and O–H groups in total. The number of ether oxygens (including phenoxy) is 1. The summed E-state index contributed by atoms with van der Waals surface area (Å²) in [6.07, 6.45) is 3.68. The van der Waals surface area contributed by atoms with Gasteiger partial charge in [0.1, 0.15) is 0 Å². The predicted molar refractivity (Wildman–Crippen MR) is 101 cm³/mol. The van der Waals surface area contributed by atoms with E-state index in [1.54, 1.807) is 13.2 Å². The zero-order chi connectivity index (χ0) is 17.3. The van der Waals surface area contributed by atoms with Crippen LogP contribution in [0.15, 0.2) is 30.3 Å². The topological polar surface area (TPSA) is 22.1 Å². The number of benzene rings is 1. The van der Waals surface area contributed by atoms with E-state index in [9.17, 15) is 0 Å². The minimum Gasteiger partial charge on any atom is -0.481 e. The van der Waals surface area contributed by atoms with Crippen LogP contribution >= 0.6 is 23.2 Å². The number of rotatable bonds is 4. The Morgan fingerprint density at radius 1 is 1.25 bits per heavy atom. The predicted octanol–water partition coefficient (Wildman–Crippen LogP) is 6.44. The van der Waals surface area contributed by atoms with Gasteiger partial charge in [-0.05, 0) is 41.4 Å². The largest absolute Gasteiger partial charge is 0.481 e. The second-order valence-electron chi connectivity index (χ2n) is 7.17. The van der Waals surface area contributed by atoms with Crippen molar-refractivity contribution in [3.63, 3.8) is 0 Å². The highest BCUT2D eigenvalue weighted by Gasteiger charge is 2.37. The summed E-state index contributed by atoms with van der Waals surface area (Å²) in [7, 11) is 1.62. The Morgan fingerprint density at radius 2 is 2.04 bits per heavy atom. The summed E-state index contributed by atoms with van der Waals surface area (Å²) in [6.45, 7) is 4.70. The zero-order valence-corrected chi connectivity index (χ0v) is 15.9. The molecule has 1 aromatic carbocycles. The van der Waals surface area contributed by atoms with E-state index in [-0.39, 0.29) is 5.41 Å². The van der Waals surface area contributed by atoms with Crippen LogP contribution in [0, 0.1) is 5.41 Å². The summed E-state index contributed by atoms with van der Waals surface area (Å²) >= 11 is 12.6. The Morgan fingerprint density at radius 3 is 2.67 bits per heavy atom. The van der Waals surface area contributed by atoms with Crippen molar-refractivity contribution in [2.75, 3.05) is 7.11 Å². The molecule has 0 bridgehead atoms. The van der Waals surface area contributed by atoms with Gasteiger partial charge >= 0.3 is 0 Å². The first-order valence-electron chi connectivity index (χ1n) is 8.36. The van der Waals surface area contributed by atoms with E-state index in [0.717, 1.165) is 16.8 Å². The molecule has 24 heavy (non-hydrogen) atoms. The molecule has 0 spiro atoms. The van der Waals surface area contributed by atoms with Crippen molar-refractivity contribution in [2.24, 2.45) is 5.41 Å². The first-order valence-corrected chi connectivity index (χ1v) is 9.27. The van der Waals surface area contributed by atoms with Crippen LogP contribution < -0.4 is 4.74 Å². The van der Waals surface area contributed by atoms with Crippen molar-refractivity contribution in [2.45, 2.75) is 44.9 Å². The summed E-state index contributed by atoms with van der Waals surface area (Å²) < 4.78 is 5.29. The van der Waals surface area contributed by atoms with Crippen LogP contribution in [0.4, 0.5) is 0 Å². The van der Waals surface area contributed by atoms with Gasteiger partial charge in [0, 0.05) is 17.5 Å². The van der Waals surface area contributed by atoms with Gasteiger partial charge in [-0.15, -0.1) is 11.6 Å². The van der Waals surface area contributed by atoms with Gasteiger partial charge in [-0.2, -0.15) is 0 Å². The number of methoxy groups -OCH3 is 1. The standard InChI is InChI=1S/C20H23Cl2NO/c1-20(2)10-4-5-16(20)15-11-13(12-21)6-7-14(15)19-17(22)8-9-18(23-19)24-3/h6-9,11,16H,4-5,10,12H2,1-3H3/t16-/m0/s1. The molecule has 0 aliphatic heterocycles. The highest BCUT2D eigenvalue weighted by molar-refractivity contribution is 6.33. The summed E-state index contributed by atoms with van der Waals surface area (Å²) in [6, 6.07) is 10.0. The SMILES string of the molecule is COc1ccc(Cl)c(-c2ccc(CCl)cc2[C@@H]2CCCC2(C)C)n1. The molecule has 4 heteroatoms. The minimum atomic E-state index is 0.269. The maximum Gasteiger partial charge on any atom is 0.213 e. The second kappa shape index (κ2) is 6.93. The molecule has 1 aromatic heterocycles. The van der Waals surface area contributed by atoms with E-state index < -0.39 is 0 Å². The van der Waals surface area contributed by atoms with Gasteiger partial charge < -0.3 is 4.74 Å². The molecular formula is C20H23Cl2NO. The van der Waals surface area contributed by atoms with Crippen molar-refractivity contribution >= 4 is 23.2 Å². The van der Waals surface area contributed by atoms with Crippen LogP contribution in [0.5, 0.6) is 5.88 Å². The van der Waals surface area contributed by atoms with Gasteiger partial charge in [0.05, 0.1) is 17.8 Å². The molecule has 0 saturated heterocycles. The fourth-order valence-corrected chi connectivity index (χ4v) is 4.20. The summed E-state index contributed by atoms with van der Waals surface area (Å²) in [4.78, 5) is 4.61. The summed E-state index contributed by atoms with van der Waals surface area (Å²) in [5.74, 6) is 1.58. The van der Waals surface area contributed by atoms with E-state index in [2.05, 4.69) is 37.0 Å². The third-order valence-corrected chi connectivity index (χ3v) is 5.80. The van der Waals surface area contributed by atoms with Crippen molar-refractivity contribution in [1.29, 1.82) is 0 Å². The number of aromatic nitrogens is 1. The van der Waals surface area contributed by atoms with Crippen LogP contribution in [0.2, 0.25) is 5.02 Å². The van der Waals surface area contributed by atoms with E-state index in [1.807, 2.05) is 6.07 Å². The van der Waals surface area contributed by atoms with E-state index in [4.69, 9.17) is 27.9 Å². The molecule has 1 aliphatic rings. The smallest absolute Gasteiger partial charge is 0.213 e. The monoisotopic (exact) mass is 363 g/mol. The molecule has 2 aromatic rings. The molecule has 1 aliphatic carbocycles. The number of pyridine rings is 1. The van der Waals surface area contributed by atoms with Gasteiger partial charge in [0.15, 0.2) is 0 Å². The fourth-order valence-electron chi connectivity index (χ4n) is 3.83. The first-order chi connectivity index (χ1) is 11.5. The van der Waals surface area contributed by atoms with E-state index in [0.29, 0.717) is 22.7 Å². The third kappa shape index (κ3) is 3.27. The lowest BCUT2D eigenvalue weighted by atomic mass is 9.75. The molecule has 1 fully saturated rings. The average Bonchev–Trinajstić information content (AvgIpc) is 2.94. The van der Waals surface area contributed by atoms with Crippen LogP contribution in [-0.4, -0.2) is 12.1 Å². The van der Waals surface area contributed by atoms with Gasteiger partial charge in [0.2, 0.25) is 5.88 Å². The number of halogens is 2. The molecule has 1 saturated carbocycles. The average molecular weight is 364 g/mol. The number of hydrogen-bond acceptors (Lipinski definition) is 2. The molecule has 0 unspecified atom stereocenters.